The Kier molecular flexibility index (Phi) is 6.75. The van der Waals surface area contributed by atoms with Crippen molar-refractivity contribution in [1.29, 1.82) is 0 Å². The van der Waals surface area contributed by atoms with E-state index in [1.54, 1.807) is 24.9 Å². The van der Waals surface area contributed by atoms with E-state index in [9.17, 15) is 8.42 Å². The molecule has 4 rings (SSSR count). The van der Waals surface area contributed by atoms with Crippen LogP contribution in [0.4, 0.5) is 17.6 Å². The molecule has 0 aliphatic carbocycles. The number of ether oxygens (including phenoxy) is 1. The van der Waals surface area contributed by atoms with Gasteiger partial charge in [0.15, 0.2) is 15.7 Å². The Hall–Kier alpha value is -3.44. The third-order valence-electron chi connectivity index (χ3n) is 5.22. The standard InChI is InChI=1S/C21H23N7O3S.ClH/c1-5-32(29,30)14-7-9-18(31-4)16(11-14)19-23-20(22)25-21(24-19)28(3)13-6-8-15-12(2)26-27-17(15)10-13;/h6-11H,5H2,1-4H3,(H,26,27)(H2,22,23,24,25);1H. The zero-order valence-electron chi connectivity index (χ0n) is 18.5. The highest BCUT2D eigenvalue weighted by atomic mass is 35.5. The lowest BCUT2D eigenvalue weighted by Crippen LogP contribution is -2.15. The van der Waals surface area contributed by atoms with Crippen LogP contribution in [-0.4, -0.2) is 53.5 Å². The quantitative estimate of drug-likeness (QED) is 0.417. The van der Waals surface area contributed by atoms with Gasteiger partial charge >= 0.3 is 0 Å². The SMILES string of the molecule is CCS(=O)(=O)c1ccc(OC)c(-c2nc(N)nc(N(C)c3ccc4c(C)n[nH]c4c3)n2)c1.Cl. The number of rotatable bonds is 6. The normalized spacial score (nSPS) is 11.3. The number of methoxy groups -OCH3 is 1. The van der Waals surface area contributed by atoms with Gasteiger partial charge < -0.3 is 15.4 Å². The molecule has 4 aromatic rings. The number of nitrogens with one attached hydrogen (secondary N) is 1. The number of aromatic amines is 1. The maximum absolute atomic E-state index is 12.4. The molecule has 0 atom stereocenters. The molecule has 2 aromatic carbocycles. The molecule has 3 N–H and O–H groups in total. The lowest BCUT2D eigenvalue weighted by molar-refractivity contribution is 0.415. The number of anilines is 3. The number of H-pyrrole nitrogens is 1. The van der Waals surface area contributed by atoms with Gasteiger partial charge in [-0.05, 0) is 43.3 Å². The second-order valence-electron chi connectivity index (χ2n) is 7.18. The number of nitrogens with zero attached hydrogens (tertiary/aromatic N) is 5. The van der Waals surface area contributed by atoms with Crippen molar-refractivity contribution in [2.24, 2.45) is 0 Å². The Bertz CT molecular complexity index is 1420. The Balaban J connectivity index is 0.00000306. The van der Waals surface area contributed by atoms with Gasteiger partial charge in [0, 0.05) is 18.1 Å². The fourth-order valence-corrected chi connectivity index (χ4v) is 4.25. The first-order chi connectivity index (χ1) is 15.2. The van der Waals surface area contributed by atoms with Crippen molar-refractivity contribution < 1.29 is 13.2 Å². The number of halogens is 1. The lowest BCUT2D eigenvalue weighted by atomic mass is 10.2. The van der Waals surface area contributed by atoms with Gasteiger partial charge in [0.1, 0.15) is 5.75 Å². The number of hydrogen-bond donors (Lipinski definition) is 2. The van der Waals surface area contributed by atoms with Crippen LogP contribution in [0.1, 0.15) is 12.6 Å². The number of fused-ring (bicyclic) bond motifs is 1. The van der Waals surface area contributed by atoms with Crippen molar-refractivity contribution in [3.63, 3.8) is 0 Å². The molecule has 0 bridgehead atoms. The van der Waals surface area contributed by atoms with Crippen molar-refractivity contribution in [2.45, 2.75) is 18.7 Å². The summed E-state index contributed by atoms with van der Waals surface area (Å²) < 4.78 is 30.2. The maximum Gasteiger partial charge on any atom is 0.235 e. The Labute approximate surface area is 197 Å². The molecule has 2 aromatic heterocycles. The largest absolute Gasteiger partial charge is 0.496 e. The number of benzene rings is 2. The molecule has 33 heavy (non-hydrogen) atoms. The van der Waals surface area contributed by atoms with Crippen LogP contribution in [0, 0.1) is 6.92 Å². The van der Waals surface area contributed by atoms with Gasteiger partial charge in [0.2, 0.25) is 11.9 Å². The molecule has 0 fully saturated rings. The van der Waals surface area contributed by atoms with Crippen LogP contribution in [0.25, 0.3) is 22.3 Å². The third kappa shape index (κ3) is 4.55. The molecule has 10 nitrogen and oxygen atoms in total. The monoisotopic (exact) mass is 489 g/mol. The fraction of sp³-hybridized carbons (Fsp3) is 0.238. The first-order valence-corrected chi connectivity index (χ1v) is 11.5. The first kappa shape index (κ1) is 24.2. The van der Waals surface area contributed by atoms with Crippen molar-refractivity contribution in [3.8, 4) is 17.1 Å². The summed E-state index contributed by atoms with van der Waals surface area (Å²) in [5, 5.41) is 8.24. The maximum atomic E-state index is 12.4. The summed E-state index contributed by atoms with van der Waals surface area (Å²) >= 11 is 0. The van der Waals surface area contributed by atoms with E-state index in [-0.39, 0.29) is 34.8 Å². The van der Waals surface area contributed by atoms with E-state index in [0.29, 0.717) is 17.3 Å². The summed E-state index contributed by atoms with van der Waals surface area (Å²) in [7, 11) is -0.134. The third-order valence-corrected chi connectivity index (χ3v) is 6.95. The molecule has 0 spiro atoms. The summed E-state index contributed by atoms with van der Waals surface area (Å²) in [4.78, 5) is 15.0. The highest BCUT2D eigenvalue weighted by Gasteiger charge is 2.19. The topological polar surface area (TPSA) is 140 Å². The summed E-state index contributed by atoms with van der Waals surface area (Å²) in [6, 6.07) is 10.4. The number of hydrogen-bond acceptors (Lipinski definition) is 9. The van der Waals surface area contributed by atoms with Gasteiger partial charge in [0.05, 0.1) is 34.5 Å². The van der Waals surface area contributed by atoms with Gasteiger partial charge in [-0.1, -0.05) is 6.92 Å². The van der Waals surface area contributed by atoms with Crippen molar-refractivity contribution in [2.75, 3.05) is 30.5 Å². The molecule has 0 saturated heterocycles. The first-order valence-electron chi connectivity index (χ1n) is 9.84. The van der Waals surface area contributed by atoms with Crippen molar-refractivity contribution >= 4 is 50.7 Å². The summed E-state index contributed by atoms with van der Waals surface area (Å²) in [6.07, 6.45) is 0. The van der Waals surface area contributed by atoms with Crippen LogP contribution in [-0.2, 0) is 9.84 Å². The Morgan fingerprint density at radius 3 is 2.58 bits per heavy atom. The van der Waals surface area contributed by atoms with E-state index in [2.05, 4.69) is 25.1 Å². The van der Waals surface area contributed by atoms with Gasteiger partial charge in [0.25, 0.3) is 0 Å². The van der Waals surface area contributed by atoms with E-state index >= 15 is 0 Å². The minimum absolute atomic E-state index is 0. The molecule has 0 aliphatic heterocycles. The van der Waals surface area contributed by atoms with Crippen LogP contribution in [0.2, 0.25) is 0 Å². The molecule has 12 heteroatoms. The summed E-state index contributed by atoms with van der Waals surface area (Å²) in [6.45, 7) is 3.52. The van der Waals surface area contributed by atoms with E-state index in [1.807, 2.05) is 25.1 Å². The highest BCUT2D eigenvalue weighted by Crippen LogP contribution is 2.32. The van der Waals surface area contributed by atoms with E-state index in [4.69, 9.17) is 10.5 Å². The van der Waals surface area contributed by atoms with Crippen LogP contribution in [0.15, 0.2) is 41.3 Å². The number of aryl methyl sites for hydroxylation is 1. The summed E-state index contributed by atoms with van der Waals surface area (Å²) in [5.41, 5.74) is 9.00. The molecular weight excluding hydrogens is 466 g/mol. The van der Waals surface area contributed by atoms with Crippen molar-refractivity contribution in [3.05, 3.63) is 42.1 Å². The molecule has 0 unspecified atom stereocenters. The number of nitrogen functional groups attached to an aromatic ring is 1. The molecule has 0 amide bonds. The average Bonchev–Trinajstić information content (AvgIpc) is 3.17. The van der Waals surface area contributed by atoms with Crippen LogP contribution in [0.5, 0.6) is 5.75 Å². The minimum Gasteiger partial charge on any atom is -0.496 e. The smallest absolute Gasteiger partial charge is 0.235 e. The van der Waals surface area contributed by atoms with Crippen LogP contribution in [0.3, 0.4) is 0 Å². The summed E-state index contributed by atoms with van der Waals surface area (Å²) in [5.74, 6) is 0.910. The zero-order valence-corrected chi connectivity index (χ0v) is 20.2. The molecule has 0 radical (unpaired) electrons. The Morgan fingerprint density at radius 1 is 1.12 bits per heavy atom. The van der Waals surface area contributed by atoms with Crippen molar-refractivity contribution in [1.82, 2.24) is 25.1 Å². The minimum atomic E-state index is -3.43. The van der Waals surface area contributed by atoms with Gasteiger partial charge in [-0.2, -0.15) is 20.1 Å². The zero-order chi connectivity index (χ0) is 23.0. The molecule has 174 valence electrons. The highest BCUT2D eigenvalue weighted by molar-refractivity contribution is 7.91. The number of nitrogens with two attached hydrogens (primary N) is 1. The van der Waals surface area contributed by atoms with Gasteiger partial charge in [-0.25, -0.2) is 8.42 Å². The van der Waals surface area contributed by atoms with Crippen LogP contribution >= 0.6 is 12.4 Å². The van der Waals surface area contributed by atoms with Gasteiger partial charge in [-0.15, -0.1) is 12.4 Å². The number of sulfone groups is 1. The molecule has 0 aliphatic rings. The fourth-order valence-electron chi connectivity index (χ4n) is 3.34. The number of aromatic nitrogens is 5. The Morgan fingerprint density at radius 2 is 1.88 bits per heavy atom. The van der Waals surface area contributed by atoms with Gasteiger partial charge in [-0.3, -0.25) is 5.10 Å². The molecular formula is C21H24ClN7O3S. The average molecular weight is 490 g/mol. The predicted octanol–water partition coefficient (Wildman–Crippen LogP) is 3.30. The van der Waals surface area contributed by atoms with Crippen LogP contribution < -0.4 is 15.4 Å². The molecule has 2 heterocycles. The van der Waals surface area contributed by atoms with E-state index in [0.717, 1.165) is 22.3 Å². The van der Waals surface area contributed by atoms with E-state index < -0.39 is 9.84 Å². The lowest BCUT2D eigenvalue weighted by Gasteiger charge is -2.18. The second-order valence-corrected chi connectivity index (χ2v) is 9.46. The second kappa shape index (κ2) is 9.20. The molecule has 0 saturated carbocycles. The van der Waals surface area contributed by atoms with E-state index in [1.165, 1.54) is 19.2 Å². The predicted molar refractivity (Wildman–Crippen MR) is 130 cm³/mol.